The van der Waals surface area contributed by atoms with Gasteiger partial charge in [-0.1, -0.05) is 12.8 Å². The van der Waals surface area contributed by atoms with Crippen molar-refractivity contribution in [1.82, 2.24) is 10.2 Å². The fourth-order valence-electron chi connectivity index (χ4n) is 2.67. The molecule has 0 aromatic carbocycles. The average molecular weight is 368 g/mol. The lowest BCUT2D eigenvalue weighted by Gasteiger charge is -2.37. The van der Waals surface area contributed by atoms with Gasteiger partial charge in [-0.15, -0.1) is 24.8 Å². The Balaban J connectivity index is 0. The van der Waals surface area contributed by atoms with E-state index in [9.17, 15) is 18.0 Å². The average Bonchev–Trinajstić information content (AvgIpc) is 2.25. The van der Waals surface area contributed by atoms with Crippen LogP contribution < -0.4 is 11.1 Å². The molecule has 1 aliphatic rings. The van der Waals surface area contributed by atoms with E-state index in [0.29, 0.717) is 0 Å². The maximum Gasteiger partial charge on any atom is 0.401 e. The van der Waals surface area contributed by atoms with Crippen LogP contribution in [0.2, 0.25) is 0 Å². The van der Waals surface area contributed by atoms with Crippen molar-refractivity contribution in [1.29, 1.82) is 0 Å². The van der Waals surface area contributed by atoms with Crippen LogP contribution in [0.25, 0.3) is 0 Å². The Labute approximate surface area is 142 Å². The monoisotopic (exact) mass is 367 g/mol. The molecule has 1 fully saturated rings. The Bertz CT molecular complexity index is 341. The van der Waals surface area contributed by atoms with Crippen molar-refractivity contribution in [3.63, 3.8) is 0 Å². The third kappa shape index (κ3) is 8.41. The Morgan fingerprint density at radius 1 is 1.36 bits per heavy atom. The Morgan fingerprint density at radius 3 is 2.45 bits per heavy atom. The van der Waals surface area contributed by atoms with Crippen molar-refractivity contribution in [2.45, 2.75) is 44.3 Å². The summed E-state index contributed by atoms with van der Waals surface area (Å²) in [4.78, 5) is 13.2. The first-order chi connectivity index (χ1) is 9.12. The second-order valence-corrected chi connectivity index (χ2v) is 5.95. The third-order valence-electron chi connectivity index (χ3n) is 3.81. The first-order valence-corrected chi connectivity index (χ1v) is 6.94. The molecule has 0 bridgehead atoms. The smallest absolute Gasteiger partial charge is 0.355 e. The summed E-state index contributed by atoms with van der Waals surface area (Å²) in [5.41, 5.74) is 5.60. The molecule has 9 heteroatoms. The third-order valence-corrected chi connectivity index (χ3v) is 3.81. The van der Waals surface area contributed by atoms with Gasteiger partial charge in [-0.05, 0) is 26.8 Å². The molecule has 3 N–H and O–H groups in total. The lowest BCUT2D eigenvalue weighted by Crippen LogP contribution is -2.53. The lowest BCUT2D eigenvalue weighted by atomic mass is 9.74. The molecule has 0 radical (unpaired) electrons. The molecule has 0 spiro atoms. The zero-order chi connectivity index (χ0) is 15.4. The van der Waals surface area contributed by atoms with Gasteiger partial charge in [0.1, 0.15) is 0 Å². The van der Waals surface area contributed by atoms with E-state index < -0.39 is 18.3 Å². The molecular weight excluding hydrogens is 342 g/mol. The minimum absolute atomic E-state index is 0. The van der Waals surface area contributed by atoms with Crippen LogP contribution in [-0.2, 0) is 4.79 Å². The van der Waals surface area contributed by atoms with E-state index >= 15 is 0 Å². The topological polar surface area (TPSA) is 58.4 Å². The first kappa shape index (κ1) is 24.0. The van der Waals surface area contributed by atoms with Gasteiger partial charge in [0.05, 0.1) is 12.5 Å². The van der Waals surface area contributed by atoms with E-state index in [1.807, 2.05) is 6.92 Å². The molecule has 1 rings (SSSR count). The number of rotatable bonds is 5. The molecule has 22 heavy (non-hydrogen) atoms. The van der Waals surface area contributed by atoms with E-state index in [-0.39, 0.29) is 49.7 Å². The summed E-state index contributed by atoms with van der Waals surface area (Å²) in [6.07, 6.45) is -0.668. The maximum absolute atomic E-state index is 12.1. The van der Waals surface area contributed by atoms with Crippen molar-refractivity contribution in [3.8, 4) is 0 Å². The lowest BCUT2D eigenvalue weighted by molar-refractivity contribution is -0.142. The van der Waals surface area contributed by atoms with Crippen molar-refractivity contribution < 1.29 is 18.0 Å². The summed E-state index contributed by atoms with van der Waals surface area (Å²) in [6, 6.07) is 0. The Hall–Kier alpha value is -0.240. The number of halogens is 5. The van der Waals surface area contributed by atoms with Crippen LogP contribution in [0.1, 0.15) is 32.6 Å². The van der Waals surface area contributed by atoms with Crippen LogP contribution in [0, 0.1) is 5.92 Å². The molecule has 134 valence electrons. The second kappa shape index (κ2) is 9.80. The second-order valence-electron chi connectivity index (χ2n) is 5.95. The van der Waals surface area contributed by atoms with Crippen molar-refractivity contribution >= 4 is 30.7 Å². The fourth-order valence-corrected chi connectivity index (χ4v) is 2.67. The Kier molecular flexibility index (Phi) is 10.7. The van der Waals surface area contributed by atoms with E-state index in [0.717, 1.165) is 30.6 Å². The summed E-state index contributed by atoms with van der Waals surface area (Å²) in [5, 5.41) is 2.70. The number of amides is 1. The summed E-state index contributed by atoms with van der Waals surface area (Å²) in [7, 11) is 1.38. The largest absolute Gasteiger partial charge is 0.401 e. The molecule has 1 saturated carbocycles. The van der Waals surface area contributed by atoms with Gasteiger partial charge in [0, 0.05) is 18.6 Å². The van der Waals surface area contributed by atoms with E-state index in [1.165, 1.54) is 7.05 Å². The van der Waals surface area contributed by atoms with Crippen LogP contribution in [0.4, 0.5) is 13.2 Å². The van der Waals surface area contributed by atoms with Crippen molar-refractivity contribution in [2.24, 2.45) is 11.7 Å². The zero-order valence-corrected chi connectivity index (χ0v) is 14.5. The molecule has 0 aliphatic heterocycles. The predicted octanol–water partition coefficient (Wildman–Crippen LogP) is 2.35. The summed E-state index contributed by atoms with van der Waals surface area (Å²) < 4.78 is 36.4. The van der Waals surface area contributed by atoms with Gasteiger partial charge < -0.3 is 11.1 Å². The number of alkyl halides is 3. The predicted molar refractivity (Wildman–Crippen MR) is 85.6 cm³/mol. The highest BCUT2D eigenvalue weighted by molar-refractivity contribution is 5.85. The Morgan fingerprint density at radius 2 is 1.95 bits per heavy atom. The van der Waals surface area contributed by atoms with E-state index in [1.54, 1.807) is 0 Å². The summed E-state index contributed by atoms with van der Waals surface area (Å²) >= 11 is 0. The van der Waals surface area contributed by atoms with Gasteiger partial charge in [0.25, 0.3) is 0 Å². The fraction of sp³-hybridized carbons (Fsp3) is 0.923. The number of nitrogens with one attached hydrogen (secondary N) is 1. The normalized spacial score (nSPS) is 25.1. The minimum Gasteiger partial charge on any atom is -0.355 e. The van der Waals surface area contributed by atoms with E-state index in [4.69, 9.17) is 5.73 Å². The molecule has 1 aliphatic carbocycles. The van der Waals surface area contributed by atoms with E-state index in [2.05, 4.69) is 5.32 Å². The number of carbonyl (C=O) groups is 1. The molecule has 0 aromatic rings. The van der Waals surface area contributed by atoms with Gasteiger partial charge in [-0.3, -0.25) is 9.69 Å². The van der Waals surface area contributed by atoms with Gasteiger partial charge >= 0.3 is 6.18 Å². The SMILES string of the molecule is CN(CCNC(=O)C1CCCCC1(C)N)CC(F)(F)F.Cl.Cl. The van der Waals surface area contributed by atoms with Gasteiger partial charge in [-0.25, -0.2) is 0 Å². The molecule has 4 nitrogen and oxygen atoms in total. The van der Waals surface area contributed by atoms with Crippen LogP contribution >= 0.6 is 24.8 Å². The van der Waals surface area contributed by atoms with Gasteiger partial charge in [0.2, 0.25) is 5.91 Å². The van der Waals surface area contributed by atoms with Crippen molar-refractivity contribution in [2.75, 3.05) is 26.7 Å². The molecule has 0 saturated heterocycles. The zero-order valence-electron chi connectivity index (χ0n) is 12.9. The highest BCUT2D eigenvalue weighted by atomic mass is 35.5. The minimum atomic E-state index is -4.21. The highest BCUT2D eigenvalue weighted by Crippen LogP contribution is 2.31. The van der Waals surface area contributed by atoms with Crippen LogP contribution in [0.3, 0.4) is 0 Å². The molecular formula is C13H26Cl2F3N3O. The highest BCUT2D eigenvalue weighted by Gasteiger charge is 2.37. The standard InChI is InChI=1S/C13H24F3N3O.2ClH/c1-12(17)6-4-3-5-10(12)11(20)18-7-8-19(2)9-13(14,15)16;;/h10H,3-9,17H2,1-2H3,(H,18,20);2*1H. The summed E-state index contributed by atoms with van der Waals surface area (Å²) in [6.45, 7) is 1.27. The van der Waals surface area contributed by atoms with Gasteiger partial charge in [-0.2, -0.15) is 13.2 Å². The molecule has 2 atom stereocenters. The van der Waals surface area contributed by atoms with Crippen molar-refractivity contribution in [3.05, 3.63) is 0 Å². The number of likely N-dealkylation sites (N-methyl/N-ethyl adjacent to an activating group) is 1. The molecule has 0 heterocycles. The number of nitrogens with two attached hydrogens (primary N) is 1. The first-order valence-electron chi connectivity index (χ1n) is 6.94. The van der Waals surface area contributed by atoms with Crippen LogP contribution in [0.5, 0.6) is 0 Å². The number of carbonyl (C=O) groups excluding carboxylic acids is 1. The number of hydrogen-bond acceptors (Lipinski definition) is 3. The summed E-state index contributed by atoms with van der Waals surface area (Å²) in [5.74, 6) is -0.390. The maximum atomic E-state index is 12.1. The quantitative estimate of drug-likeness (QED) is 0.783. The molecule has 1 amide bonds. The van der Waals surface area contributed by atoms with Gasteiger partial charge in [0.15, 0.2) is 0 Å². The van der Waals surface area contributed by atoms with Crippen LogP contribution in [0.15, 0.2) is 0 Å². The number of nitrogens with zero attached hydrogens (tertiary/aromatic N) is 1. The molecule has 0 aromatic heterocycles. The van der Waals surface area contributed by atoms with Crippen LogP contribution in [-0.4, -0.2) is 49.2 Å². The number of hydrogen-bond donors (Lipinski definition) is 2. The molecule has 2 unspecified atom stereocenters.